The number of fused-ring (bicyclic) bond motifs is 3. The molecule has 0 radical (unpaired) electrons. The molecule has 2 heterocycles. The summed E-state index contributed by atoms with van der Waals surface area (Å²) < 4.78 is 29.5. The van der Waals surface area contributed by atoms with Gasteiger partial charge >= 0.3 is 0 Å². The normalized spacial score (nSPS) is 24.4. The van der Waals surface area contributed by atoms with E-state index in [0.29, 0.717) is 11.3 Å². The Balaban J connectivity index is 1.82. The number of nitrogens with zero attached hydrogens (tertiary/aromatic N) is 1. The van der Waals surface area contributed by atoms with Crippen molar-refractivity contribution in [1.82, 2.24) is 0 Å². The Hall–Kier alpha value is -2.92. The zero-order valence-corrected chi connectivity index (χ0v) is 13.2. The zero-order valence-electron chi connectivity index (χ0n) is 12.4. The molecule has 24 heavy (non-hydrogen) atoms. The van der Waals surface area contributed by atoms with E-state index in [4.69, 9.17) is 4.74 Å². The van der Waals surface area contributed by atoms with Crippen molar-refractivity contribution in [3.8, 4) is 5.75 Å². The monoisotopic (exact) mass is 333 g/mol. The van der Waals surface area contributed by atoms with Gasteiger partial charge in [0.15, 0.2) is 10.6 Å². The maximum Gasteiger partial charge on any atom is 0.241 e. The second-order valence-corrected chi connectivity index (χ2v) is 6.74. The highest BCUT2D eigenvalue weighted by Gasteiger charge is 2.42. The highest BCUT2D eigenvalue weighted by atomic mass is 32.2. The molecule has 0 saturated heterocycles. The van der Waals surface area contributed by atoms with Crippen LogP contribution in [0.5, 0.6) is 5.75 Å². The molecule has 0 aromatic heterocycles. The van der Waals surface area contributed by atoms with Crippen LogP contribution in [0.1, 0.15) is 16.7 Å². The van der Waals surface area contributed by atoms with Crippen molar-refractivity contribution >= 4 is 27.6 Å². The molecule has 1 unspecified atom stereocenters. The van der Waals surface area contributed by atoms with Gasteiger partial charge in [-0.25, -0.2) is 4.99 Å². The van der Waals surface area contributed by atoms with Gasteiger partial charge in [0.1, 0.15) is 5.75 Å². The van der Waals surface area contributed by atoms with E-state index in [1.54, 1.807) is 6.21 Å². The predicted molar refractivity (Wildman–Crippen MR) is 93.9 cm³/mol. The molecule has 0 bridgehead atoms. The summed E-state index contributed by atoms with van der Waals surface area (Å²) in [6, 6.07) is 3.81. The van der Waals surface area contributed by atoms with Crippen molar-refractivity contribution < 1.29 is 13.2 Å². The fraction of sp³-hybridized carbons (Fsp3) is 0.0526. The maximum atomic E-state index is 11.5. The van der Waals surface area contributed by atoms with Crippen molar-refractivity contribution in [3.05, 3.63) is 82.5 Å². The third-order valence-corrected chi connectivity index (χ3v) is 5.24. The van der Waals surface area contributed by atoms with E-state index in [1.165, 1.54) is 0 Å². The van der Waals surface area contributed by atoms with Crippen molar-refractivity contribution in [2.45, 2.75) is 5.60 Å². The second-order valence-electron chi connectivity index (χ2n) is 5.88. The van der Waals surface area contributed by atoms with E-state index in [1.807, 2.05) is 54.7 Å². The highest BCUT2D eigenvalue weighted by Crippen LogP contribution is 2.47. The lowest BCUT2D eigenvalue weighted by Gasteiger charge is -2.40. The first kappa shape index (κ1) is 13.5. The van der Waals surface area contributed by atoms with Crippen molar-refractivity contribution in [3.63, 3.8) is 0 Å². The minimum absolute atomic E-state index is 0.0299. The summed E-state index contributed by atoms with van der Waals surface area (Å²) in [6.45, 7) is 0. The molecule has 2 aliphatic heterocycles. The van der Waals surface area contributed by atoms with Crippen LogP contribution in [0.2, 0.25) is 0 Å². The lowest BCUT2D eigenvalue weighted by atomic mass is 9.77. The molecule has 116 valence electrons. The topological polar surface area (TPSA) is 55.7 Å². The molecular formula is C19H11NO3S. The molecule has 1 spiro atoms. The van der Waals surface area contributed by atoms with Crippen LogP contribution in [0.3, 0.4) is 0 Å². The summed E-state index contributed by atoms with van der Waals surface area (Å²) in [5.41, 5.74) is 3.50. The predicted octanol–water partition coefficient (Wildman–Crippen LogP) is 2.61. The molecule has 0 N–H and O–H groups in total. The number of hydrogen-bond donors (Lipinski definition) is 0. The highest BCUT2D eigenvalue weighted by molar-refractivity contribution is 7.73. The van der Waals surface area contributed by atoms with Gasteiger partial charge in [-0.1, -0.05) is 48.6 Å². The van der Waals surface area contributed by atoms with Crippen LogP contribution in [0.4, 0.5) is 0 Å². The van der Waals surface area contributed by atoms with Gasteiger partial charge in [-0.3, -0.25) is 0 Å². The van der Waals surface area contributed by atoms with E-state index in [-0.39, 0.29) is 4.99 Å². The fourth-order valence-electron chi connectivity index (χ4n) is 3.51. The number of allylic oxidation sites excluding steroid dienone is 4. The van der Waals surface area contributed by atoms with Crippen molar-refractivity contribution in [1.29, 1.82) is 0 Å². The summed E-state index contributed by atoms with van der Waals surface area (Å²) in [7, 11) is -2.41. The molecule has 0 saturated carbocycles. The second kappa shape index (κ2) is 4.55. The van der Waals surface area contributed by atoms with E-state index in [0.717, 1.165) is 22.3 Å². The number of aliphatic imine (C=N–C) groups is 1. The van der Waals surface area contributed by atoms with E-state index >= 15 is 0 Å². The molecule has 0 amide bonds. The van der Waals surface area contributed by atoms with Gasteiger partial charge in [-0.15, -0.1) is 0 Å². The van der Waals surface area contributed by atoms with Crippen molar-refractivity contribution in [2.75, 3.05) is 0 Å². The molecule has 0 fully saturated rings. The zero-order chi connectivity index (χ0) is 16.3. The fourth-order valence-corrected chi connectivity index (χ4v) is 4.03. The minimum atomic E-state index is -2.41. The first-order valence-corrected chi connectivity index (χ1v) is 8.60. The van der Waals surface area contributed by atoms with Crippen LogP contribution in [0.15, 0.2) is 70.8 Å². The average molecular weight is 333 g/mol. The van der Waals surface area contributed by atoms with Gasteiger partial charge < -0.3 is 4.74 Å². The molecule has 2 aliphatic carbocycles. The van der Waals surface area contributed by atoms with Crippen molar-refractivity contribution in [2.24, 2.45) is 4.99 Å². The third-order valence-electron chi connectivity index (χ3n) is 4.61. The van der Waals surface area contributed by atoms with Gasteiger partial charge in [0.05, 0.1) is 5.56 Å². The van der Waals surface area contributed by atoms with Gasteiger partial charge in [0.25, 0.3) is 0 Å². The Labute approximate surface area is 140 Å². The number of rotatable bonds is 0. The Morgan fingerprint density at radius 2 is 1.83 bits per heavy atom. The maximum absolute atomic E-state index is 11.5. The molecule has 4 aliphatic rings. The summed E-state index contributed by atoms with van der Waals surface area (Å²) in [5, 5.41) is 0. The van der Waals surface area contributed by atoms with Gasteiger partial charge in [-0.05, 0) is 12.2 Å². The molecular weight excluding hydrogens is 322 g/mol. The van der Waals surface area contributed by atoms with Crippen LogP contribution in [-0.4, -0.2) is 25.2 Å². The third kappa shape index (κ3) is 1.62. The number of benzene rings is 1. The average Bonchev–Trinajstić information content (AvgIpc) is 3.03. The standard InChI is InChI=1S/C19H11NO3S/c21-24(22)18-16-13(11-20-18)8-7-12-10-15-6-3-5-14-4-1-2-9-19(14,15)23-17(12)16/h1-11H. The summed E-state index contributed by atoms with van der Waals surface area (Å²) in [4.78, 5) is 4.06. The molecule has 1 atom stereocenters. The van der Waals surface area contributed by atoms with Gasteiger partial charge in [0, 0.05) is 28.5 Å². The molecule has 5 rings (SSSR count). The first-order valence-electron chi connectivity index (χ1n) is 7.53. The quantitative estimate of drug-likeness (QED) is 0.686. The molecule has 5 heteroatoms. The van der Waals surface area contributed by atoms with Gasteiger partial charge in [-0.2, -0.15) is 8.42 Å². The molecule has 1 aromatic rings. The Morgan fingerprint density at radius 3 is 2.71 bits per heavy atom. The smallest absolute Gasteiger partial charge is 0.241 e. The van der Waals surface area contributed by atoms with Crippen LogP contribution in [-0.2, 0) is 10.3 Å². The van der Waals surface area contributed by atoms with Crippen LogP contribution < -0.4 is 4.74 Å². The first-order chi connectivity index (χ1) is 11.7. The molecule has 4 nitrogen and oxygen atoms in total. The largest absolute Gasteiger partial charge is 0.472 e. The summed E-state index contributed by atoms with van der Waals surface area (Å²) in [6.07, 6.45) is 17.6. The Kier molecular flexibility index (Phi) is 2.56. The van der Waals surface area contributed by atoms with Crippen LogP contribution in [0, 0.1) is 0 Å². The Morgan fingerprint density at radius 1 is 1.00 bits per heavy atom. The lowest BCUT2D eigenvalue weighted by molar-refractivity contribution is 0.198. The Bertz CT molecular complexity index is 1120. The van der Waals surface area contributed by atoms with Crippen LogP contribution in [0.25, 0.3) is 6.08 Å². The lowest BCUT2D eigenvalue weighted by Crippen LogP contribution is -2.41. The van der Waals surface area contributed by atoms with E-state index < -0.39 is 15.9 Å². The molecule has 1 aromatic carbocycles. The number of ether oxygens (including phenoxy) is 1. The minimum Gasteiger partial charge on any atom is -0.472 e. The SMILES string of the molecule is O=S(=O)=C1N=Cc2ccc3c(c21)OC12C=CC=CC1=CC=CC2=C3. The van der Waals surface area contributed by atoms with E-state index in [9.17, 15) is 8.42 Å². The van der Waals surface area contributed by atoms with Gasteiger partial charge in [0.2, 0.25) is 10.3 Å². The summed E-state index contributed by atoms with van der Waals surface area (Å²) >= 11 is 0. The summed E-state index contributed by atoms with van der Waals surface area (Å²) in [5.74, 6) is 0.564. The number of hydrogen-bond acceptors (Lipinski definition) is 3. The van der Waals surface area contributed by atoms with E-state index in [2.05, 4.69) is 11.1 Å². The van der Waals surface area contributed by atoms with Crippen LogP contribution >= 0.6 is 0 Å².